The van der Waals surface area contributed by atoms with Crippen LogP contribution < -0.4 is 15.5 Å². The van der Waals surface area contributed by atoms with Gasteiger partial charge in [0.25, 0.3) is 0 Å². The molecule has 1 fully saturated rings. The summed E-state index contributed by atoms with van der Waals surface area (Å²) < 4.78 is 4.38. The van der Waals surface area contributed by atoms with Gasteiger partial charge in [-0.15, -0.1) is 0 Å². The lowest BCUT2D eigenvalue weighted by Crippen LogP contribution is -2.52. The highest BCUT2D eigenvalue weighted by Crippen LogP contribution is 2.19. The van der Waals surface area contributed by atoms with E-state index in [0.717, 1.165) is 60.8 Å². The number of aromatic nitrogens is 2. The van der Waals surface area contributed by atoms with Crippen molar-refractivity contribution in [3.63, 3.8) is 0 Å². The molecule has 1 aliphatic rings. The predicted molar refractivity (Wildman–Crippen MR) is 114 cm³/mol. The first-order valence-electron chi connectivity index (χ1n) is 9.48. The van der Waals surface area contributed by atoms with Crippen molar-refractivity contribution in [1.29, 1.82) is 0 Å². The van der Waals surface area contributed by atoms with Crippen LogP contribution in [-0.4, -0.2) is 59.4 Å². The van der Waals surface area contributed by atoms with Crippen LogP contribution in [0, 0.1) is 0 Å². The molecule has 1 saturated heterocycles. The van der Waals surface area contributed by atoms with E-state index in [9.17, 15) is 4.79 Å². The average molecular weight is 402 g/mol. The summed E-state index contributed by atoms with van der Waals surface area (Å²) in [7, 11) is 1.81. The molecular formula is C19H27N7OS. The zero-order valence-electron chi connectivity index (χ0n) is 16.6. The van der Waals surface area contributed by atoms with Crippen molar-refractivity contribution in [2.24, 2.45) is 4.99 Å². The minimum absolute atomic E-state index is 0.0692. The molecule has 8 nitrogen and oxygen atoms in total. The van der Waals surface area contributed by atoms with E-state index >= 15 is 0 Å². The van der Waals surface area contributed by atoms with Crippen LogP contribution >= 0.6 is 11.5 Å². The van der Waals surface area contributed by atoms with Gasteiger partial charge in [-0.05, 0) is 17.7 Å². The van der Waals surface area contributed by atoms with Gasteiger partial charge in [-0.1, -0.05) is 19.1 Å². The summed E-state index contributed by atoms with van der Waals surface area (Å²) in [6.45, 7) is 7.80. The van der Waals surface area contributed by atoms with Crippen LogP contribution in [0.2, 0.25) is 0 Å². The van der Waals surface area contributed by atoms with Gasteiger partial charge < -0.3 is 20.4 Å². The van der Waals surface area contributed by atoms with E-state index in [1.165, 1.54) is 18.5 Å². The Bertz CT molecular complexity index is 827. The fourth-order valence-electron chi connectivity index (χ4n) is 3.10. The smallest absolute Gasteiger partial charge is 0.221 e. The summed E-state index contributed by atoms with van der Waals surface area (Å²) in [6.07, 6.45) is 0.871. The maximum absolute atomic E-state index is 11.2. The Morgan fingerprint density at radius 2 is 2.07 bits per heavy atom. The fraction of sp³-hybridized carbons (Fsp3) is 0.474. The van der Waals surface area contributed by atoms with Crippen LogP contribution in [0.15, 0.2) is 29.3 Å². The van der Waals surface area contributed by atoms with Gasteiger partial charge in [-0.3, -0.25) is 9.79 Å². The summed E-state index contributed by atoms with van der Waals surface area (Å²) in [6, 6.07) is 7.83. The van der Waals surface area contributed by atoms with Crippen molar-refractivity contribution >= 4 is 34.2 Å². The zero-order chi connectivity index (χ0) is 19.9. The van der Waals surface area contributed by atoms with Gasteiger partial charge in [0.15, 0.2) is 5.96 Å². The number of aliphatic imine (C=N–C) groups is 1. The topological polar surface area (TPSA) is 85.8 Å². The van der Waals surface area contributed by atoms with E-state index in [1.807, 2.05) is 24.3 Å². The van der Waals surface area contributed by atoms with E-state index < -0.39 is 0 Å². The van der Waals surface area contributed by atoms with Gasteiger partial charge in [-0.2, -0.15) is 4.37 Å². The van der Waals surface area contributed by atoms with Gasteiger partial charge >= 0.3 is 0 Å². The second-order valence-electron chi connectivity index (χ2n) is 6.60. The molecule has 0 spiro atoms. The van der Waals surface area contributed by atoms with Gasteiger partial charge in [-0.25, -0.2) is 4.98 Å². The first kappa shape index (κ1) is 20.1. The number of amides is 1. The van der Waals surface area contributed by atoms with Gasteiger partial charge in [0.2, 0.25) is 11.0 Å². The molecule has 1 aliphatic heterocycles. The number of aryl methyl sites for hydroxylation is 1. The fourth-order valence-corrected chi connectivity index (χ4v) is 3.90. The van der Waals surface area contributed by atoms with Crippen LogP contribution in [0.3, 0.4) is 0 Å². The summed E-state index contributed by atoms with van der Waals surface area (Å²) >= 11 is 1.48. The highest BCUT2D eigenvalue weighted by Gasteiger charge is 2.22. The second kappa shape index (κ2) is 9.50. The van der Waals surface area contributed by atoms with E-state index in [1.54, 1.807) is 7.05 Å². The molecular weight excluding hydrogens is 374 g/mol. The first-order chi connectivity index (χ1) is 13.6. The maximum atomic E-state index is 11.2. The van der Waals surface area contributed by atoms with Crippen LogP contribution in [0.5, 0.6) is 0 Å². The van der Waals surface area contributed by atoms with E-state index in [0.29, 0.717) is 6.54 Å². The van der Waals surface area contributed by atoms with E-state index in [-0.39, 0.29) is 5.91 Å². The number of nitrogens with zero attached hydrogens (tertiary/aromatic N) is 5. The molecule has 2 N–H and O–H groups in total. The number of carbonyl (C=O) groups excluding carboxylic acids is 1. The molecule has 9 heteroatoms. The molecule has 2 heterocycles. The highest BCUT2D eigenvalue weighted by atomic mass is 32.1. The third kappa shape index (κ3) is 5.19. The lowest BCUT2D eigenvalue weighted by atomic mass is 10.2. The van der Waals surface area contributed by atoms with Crippen molar-refractivity contribution in [3.05, 3.63) is 35.7 Å². The molecule has 150 valence electrons. The van der Waals surface area contributed by atoms with Crippen molar-refractivity contribution in [3.8, 4) is 0 Å². The van der Waals surface area contributed by atoms with Crippen LogP contribution in [0.1, 0.15) is 25.2 Å². The summed E-state index contributed by atoms with van der Waals surface area (Å²) in [4.78, 5) is 24.8. The second-order valence-corrected chi connectivity index (χ2v) is 7.33. The number of carbonyl (C=O) groups is 1. The minimum atomic E-state index is -0.0692. The van der Waals surface area contributed by atoms with Crippen molar-refractivity contribution in [1.82, 2.24) is 19.6 Å². The molecule has 1 aromatic heterocycles. The average Bonchev–Trinajstić information content (AvgIpc) is 3.18. The monoisotopic (exact) mass is 401 g/mol. The number of nitrogens with one attached hydrogen (secondary N) is 2. The molecule has 0 aliphatic carbocycles. The van der Waals surface area contributed by atoms with Gasteiger partial charge in [0.1, 0.15) is 5.82 Å². The molecule has 2 aromatic rings. The Kier molecular flexibility index (Phi) is 6.80. The summed E-state index contributed by atoms with van der Waals surface area (Å²) in [5.41, 5.74) is 1.89. The molecule has 0 unspecified atom stereocenters. The van der Waals surface area contributed by atoms with Crippen LogP contribution in [-0.2, 0) is 17.8 Å². The maximum Gasteiger partial charge on any atom is 0.221 e. The summed E-state index contributed by atoms with van der Waals surface area (Å²) in [5, 5.41) is 7.25. The number of guanidine groups is 1. The standard InChI is InChI=1S/C19H27N7OS/c1-4-17-23-19(28-24-17)26-10-8-25(9-11-26)18(20-3)21-13-15-6-5-7-16(12-15)22-14(2)27/h5-7,12H,4,8-11,13H2,1-3H3,(H,20,21)(H,22,27). The van der Waals surface area contributed by atoms with Crippen molar-refractivity contribution in [2.75, 3.05) is 43.4 Å². The Labute approximate surface area is 169 Å². The van der Waals surface area contributed by atoms with Crippen LogP contribution in [0.4, 0.5) is 10.8 Å². The molecule has 0 radical (unpaired) electrons. The Morgan fingerprint density at radius 3 is 2.71 bits per heavy atom. The molecule has 1 aromatic carbocycles. The Morgan fingerprint density at radius 1 is 1.29 bits per heavy atom. The molecule has 0 atom stereocenters. The van der Waals surface area contributed by atoms with Gasteiger partial charge in [0.05, 0.1) is 0 Å². The Balaban J connectivity index is 1.53. The molecule has 28 heavy (non-hydrogen) atoms. The number of benzene rings is 1. The predicted octanol–water partition coefficient (Wildman–Crippen LogP) is 1.96. The first-order valence-corrected chi connectivity index (χ1v) is 10.3. The Hall–Kier alpha value is -2.68. The zero-order valence-corrected chi connectivity index (χ0v) is 17.4. The lowest BCUT2D eigenvalue weighted by molar-refractivity contribution is -0.114. The summed E-state index contributed by atoms with van der Waals surface area (Å²) in [5.74, 6) is 1.73. The van der Waals surface area contributed by atoms with Crippen molar-refractivity contribution in [2.45, 2.75) is 26.8 Å². The molecule has 3 rings (SSSR count). The number of piperazine rings is 1. The number of hydrogen-bond acceptors (Lipinski definition) is 6. The minimum Gasteiger partial charge on any atom is -0.352 e. The molecule has 0 saturated carbocycles. The normalized spacial score (nSPS) is 14.9. The largest absolute Gasteiger partial charge is 0.352 e. The quantitative estimate of drug-likeness (QED) is 0.588. The van der Waals surface area contributed by atoms with Gasteiger partial charge in [0, 0.05) is 70.3 Å². The van der Waals surface area contributed by atoms with E-state index in [2.05, 4.69) is 41.7 Å². The molecule has 0 bridgehead atoms. The lowest BCUT2D eigenvalue weighted by Gasteiger charge is -2.36. The van der Waals surface area contributed by atoms with Crippen molar-refractivity contribution < 1.29 is 4.79 Å². The SMILES string of the molecule is CCc1nsc(N2CCN(C(=NC)NCc3cccc(NC(C)=O)c3)CC2)n1. The number of rotatable bonds is 5. The third-order valence-electron chi connectivity index (χ3n) is 4.53. The number of hydrogen-bond donors (Lipinski definition) is 2. The van der Waals surface area contributed by atoms with E-state index in [4.69, 9.17) is 0 Å². The van der Waals surface area contributed by atoms with Crippen LogP contribution in [0.25, 0.3) is 0 Å². The molecule has 1 amide bonds. The highest BCUT2D eigenvalue weighted by molar-refractivity contribution is 7.09. The third-order valence-corrected chi connectivity index (χ3v) is 5.35. The number of anilines is 2.